The summed E-state index contributed by atoms with van der Waals surface area (Å²) in [6.45, 7) is 4.31. The molecule has 0 bridgehead atoms. The largest absolute Gasteiger partial charge is 0.497 e. The molecule has 2 unspecified atom stereocenters. The fraction of sp³-hybridized carbons (Fsp3) is 0.524. The molecular weight excluding hydrogens is 428 g/mol. The van der Waals surface area contributed by atoms with Gasteiger partial charge in [0.2, 0.25) is 12.4 Å². The van der Waals surface area contributed by atoms with Crippen LogP contribution in [0.3, 0.4) is 0 Å². The van der Waals surface area contributed by atoms with Crippen molar-refractivity contribution in [2.24, 2.45) is 0 Å². The summed E-state index contributed by atoms with van der Waals surface area (Å²) in [6.07, 6.45) is -6.20. The van der Waals surface area contributed by atoms with E-state index in [-0.39, 0.29) is 6.61 Å². The van der Waals surface area contributed by atoms with Gasteiger partial charge in [-0.15, -0.1) is 0 Å². The van der Waals surface area contributed by atoms with E-state index in [1.165, 1.54) is 14.0 Å². The van der Waals surface area contributed by atoms with Crippen LogP contribution in [-0.2, 0) is 42.9 Å². The molecule has 1 fully saturated rings. The fourth-order valence-electron chi connectivity index (χ4n) is 3.07. The van der Waals surface area contributed by atoms with Crippen LogP contribution in [0.15, 0.2) is 24.3 Å². The second-order valence-electron chi connectivity index (χ2n) is 6.86. The molecule has 0 saturated carbocycles. The van der Waals surface area contributed by atoms with E-state index in [2.05, 4.69) is 0 Å². The van der Waals surface area contributed by atoms with E-state index in [9.17, 15) is 19.2 Å². The Morgan fingerprint density at radius 1 is 0.750 bits per heavy atom. The number of esters is 4. The lowest BCUT2D eigenvalue weighted by atomic mass is 9.98. The number of hydrogen-bond acceptors (Lipinski definition) is 11. The van der Waals surface area contributed by atoms with Gasteiger partial charge in [-0.3, -0.25) is 19.2 Å². The highest BCUT2D eigenvalue weighted by molar-refractivity contribution is 5.68. The van der Waals surface area contributed by atoms with E-state index < -0.39 is 54.6 Å². The van der Waals surface area contributed by atoms with Gasteiger partial charge in [-0.2, -0.15) is 0 Å². The van der Waals surface area contributed by atoms with Gasteiger partial charge in [0, 0.05) is 27.7 Å². The predicted octanol–water partition coefficient (Wildman–Crippen LogP) is 1.16. The van der Waals surface area contributed by atoms with E-state index >= 15 is 0 Å². The standard InChI is InChI=1S/C21H26O11/c1-11(22)27-10-17-18(28-12(2)23)19(29-13(3)24)20(30-14(4)25)21(32-17)31-16-8-6-15(26-5)7-9-16/h6-9,17-21H,10H2,1-5H3/t17?,18-,19?,20-,21+/m0/s1. The van der Waals surface area contributed by atoms with Crippen molar-refractivity contribution in [3.05, 3.63) is 24.3 Å². The quantitative estimate of drug-likeness (QED) is 0.414. The van der Waals surface area contributed by atoms with E-state index in [4.69, 9.17) is 33.2 Å². The SMILES string of the molecule is COc1ccc(O[C@@H]2OC(COC(C)=O)[C@H](OC(C)=O)C(OC(C)=O)[C@@H]2OC(C)=O)cc1. The van der Waals surface area contributed by atoms with Crippen molar-refractivity contribution in [1.82, 2.24) is 0 Å². The van der Waals surface area contributed by atoms with E-state index in [1.54, 1.807) is 24.3 Å². The molecule has 11 nitrogen and oxygen atoms in total. The number of methoxy groups -OCH3 is 1. The van der Waals surface area contributed by atoms with Crippen LogP contribution in [0.1, 0.15) is 27.7 Å². The topological polar surface area (TPSA) is 133 Å². The van der Waals surface area contributed by atoms with Gasteiger partial charge in [-0.1, -0.05) is 0 Å². The molecule has 0 spiro atoms. The summed E-state index contributed by atoms with van der Waals surface area (Å²) in [6, 6.07) is 6.46. The Hall–Kier alpha value is -3.34. The molecule has 1 aliphatic rings. The van der Waals surface area contributed by atoms with Crippen molar-refractivity contribution in [2.45, 2.75) is 58.4 Å². The molecule has 2 rings (SSSR count). The third-order valence-electron chi connectivity index (χ3n) is 4.26. The first-order valence-corrected chi connectivity index (χ1v) is 9.72. The van der Waals surface area contributed by atoms with Crippen molar-refractivity contribution in [3.8, 4) is 11.5 Å². The van der Waals surface area contributed by atoms with Crippen molar-refractivity contribution >= 4 is 23.9 Å². The smallest absolute Gasteiger partial charge is 0.303 e. The first kappa shape index (κ1) is 24.9. The van der Waals surface area contributed by atoms with Gasteiger partial charge >= 0.3 is 23.9 Å². The average molecular weight is 454 g/mol. The molecule has 1 saturated heterocycles. The summed E-state index contributed by atoms with van der Waals surface area (Å²) < 4.78 is 37.8. The molecule has 1 aliphatic heterocycles. The molecule has 0 aliphatic carbocycles. The lowest BCUT2D eigenvalue weighted by molar-refractivity contribution is -0.288. The highest BCUT2D eigenvalue weighted by Gasteiger charge is 2.53. The van der Waals surface area contributed by atoms with Crippen molar-refractivity contribution < 1.29 is 52.3 Å². The second kappa shape index (κ2) is 11.3. The summed E-state index contributed by atoms with van der Waals surface area (Å²) >= 11 is 0. The molecule has 1 heterocycles. The monoisotopic (exact) mass is 454 g/mol. The zero-order valence-corrected chi connectivity index (χ0v) is 18.4. The van der Waals surface area contributed by atoms with E-state index in [1.807, 2.05) is 0 Å². The predicted molar refractivity (Wildman–Crippen MR) is 106 cm³/mol. The summed E-state index contributed by atoms with van der Waals surface area (Å²) in [5, 5.41) is 0. The Morgan fingerprint density at radius 3 is 1.75 bits per heavy atom. The molecule has 11 heteroatoms. The highest BCUT2D eigenvalue weighted by atomic mass is 16.7. The molecule has 32 heavy (non-hydrogen) atoms. The lowest BCUT2D eigenvalue weighted by Gasteiger charge is -2.43. The van der Waals surface area contributed by atoms with Gasteiger partial charge in [0.15, 0.2) is 12.2 Å². The molecule has 176 valence electrons. The van der Waals surface area contributed by atoms with E-state index in [0.29, 0.717) is 11.5 Å². The molecule has 5 atom stereocenters. The first-order valence-electron chi connectivity index (χ1n) is 9.72. The number of benzene rings is 1. The summed E-state index contributed by atoms with van der Waals surface area (Å²) in [5.41, 5.74) is 0. The fourth-order valence-corrected chi connectivity index (χ4v) is 3.07. The Morgan fingerprint density at radius 2 is 1.25 bits per heavy atom. The minimum atomic E-state index is -1.29. The minimum Gasteiger partial charge on any atom is -0.497 e. The number of ether oxygens (including phenoxy) is 7. The number of carbonyl (C=O) groups is 4. The van der Waals surface area contributed by atoms with Crippen LogP contribution in [0.5, 0.6) is 11.5 Å². The molecule has 0 radical (unpaired) electrons. The molecule has 1 aromatic carbocycles. The normalized spacial score (nSPS) is 24.6. The Labute approximate surface area is 184 Å². The maximum atomic E-state index is 11.8. The van der Waals surface area contributed by atoms with Gasteiger partial charge in [0.25, 0.3) is 0 Å². The third kappa shape index (κ3) is 7.12. The summed E-state index contributed by atoms with van der Waals surface area (Å²) in [5.74, 6) is -1.83. The van der Waals surface area contributed by atoms with Crippen molar-refractivity contribution in [1.29, 1.82) is 0 Å². The van der Waals surface area contributed by atoms with Gasteiger partial charge in [-0.25, -0.2) is 0 Å². The Bertz CT molecular complexity index is 820. The van der Waals surface area contributed by atoms with Crippen LogP contribution in [-0.4, -0.2) is 68.3 Å². The molecular formula is C21H26O11. The van der Waals surface area contributed by atoms with Crippen LogP contribution < -0.4 is 9.47 Å². The van der Waals surface area contributed by atoms with E-state index in [0.717, 1.165) is 20.8 Å². The van der Waals surface area contributed by atoms with Gasteiger partial charge in [0.05, 0.1) is 7.11 Å². The molecule has 0 aromatic heterocycles. The van der Waals surface area contributed by atoms with Crippen LogP contribution in [0.2, 0.25) is 0 Å². The minimum absolute atomic E-state index is 0.326. The molecule has 1 aromatic rings. The maximum absolute atomic E-state index is 11.8. The van der Waals surface area contributed by atoms with Crippen LogP contribution in [0.25, 0.3) is 0 Å². The Kier molecular flexibility index (Phi) is 8.82. The average Bonchev–Trinajstić information content (AvgIpc) is 2.70. The van der Waals surface area contributed by atoms with Gasteiger partial charge in [0.1, 0.15) is 24.2 Å². The summed E-state index contributed by atoms with van der Waals surface area (Å²) in [4.78, 5) is 46.6. The van der Waals surface area contributed by atoms with Crippen LogP contribution >= 0.6 is 0 Å². The second-order valence-corrected chi connectivity index (χ2v) is 6.86. The van der Waals surface area contributed by atoms with Gasteiger partial charge in [-0.05, 0) is 24.3 Å². The zero-order chi connectivity index (χ0) is 23.8. The third-order valence-corrected chi connectivity index (χ3v) is 4.26. The number of carbonyl (C=O) groups excluding carboxylic acids is 4. The Balaban J connectivity index is 2.42. The zero-order valence-electron chi connectivity index (χ0n) is 18.4. The van der Waals surface area contributed by atoms with Gasteiger partial charge < -0.3 is 33.2 Å². The highest BCUT2D eigenvalue weighted by Crippen LogP contribution is 2.31. The number of hydrogen-bond donors (Lipinski definition) is 0. The van der Waals surface area contributed by atoms with Crippen molar-refractivity contribution in [3.63, 3.8) is 0 Å². The summed E-state index contributed by atoms with van der Waals surface area (Å²) in [7, 11) is 1.51. The lowest BCUT2D eigenvalue weighted by Crippen LogP contribution is -2.63. The van der Waals surface area contributed by atoms with Crippen LogP contribution in [0, 0.1) is 0 Å². The van der Waals surface area contributed by atoms with Crippen molar-refractivity contribution in [2.75, 3.05) is 13.7 Å². The molecule has 0 amide bonds. The maximum Gasteiger partial charge on any atom is 0.303 e. The molecule has 0 N–H and O–H groups in total. The number of rotatable bonds is 8. The first-order chi connectivity index (χ1) is 15.1. The van der Waals surface area contributed by atoms with Crippen LogP contribution in [0.4, 0.5) is 0 Å².